The summed E-state index contributed by atoms with van der Waals surface area (Å²) in [6, 6.07) is 7.06. The summed E-state index contributed by atoms with van der Waals surface area (Å²) in [5, 5.41) is 14.2. The molecule has 27 heavy (non-hydrogen) atoms. The van der Waals surface area contributed by atoms with Crippen LogP contribution in [-0.2, 0) is 29.7 Å². The molecule has 0 spiro atoms. The van der Waals surface area contributed by atoms with Crippen molar-refractivity contribution in [1.29, 1.82) is 0 Å². The first-order chi connectivity index (χ1) is 12.3. The molecule has 1 heterocycles. The van der Waals surface area contributed by atoms with E-state index in [4.69, 9.17) is 0 Å². The van der Waals surface area contributed by atoms with E-state index < -0.39 is 37.1 Å². The Morgan fingerprint density at radius 2 is 1.96 bits per heavy atom. The van der Waals surface area contributed by atoms with Crippen molar-refractivity contribution in [2.24, 2.45) is 0 Å². The molecule has 11 heteroatoms. The molecule has 0 aromatic heterocycles. The molecule has 0 fully saturated rings. The van der Waals surface area contributed by atoms with Crippen molar-refractivity contribution in [3.63, 3.8) is 0 Å². The molecular formula is C16H17ClFN3O5S. The van der Waals surface area contributed by atoms with Crippen LogP contribution in [0.4, 0.5) is 10.1 Å². The zero-order valence-corrected chi connectivity index (χ0v) is 15.8. The molecule has 0 unspecified atom stereocenters. The third-order valence-corrected chi connectivity index (χ3v) is 5.46. The Kier molecular flexibility index (Phi) is 6.37. The molecule has 0 atom stereocenters. The van der Waals surface area contributed by atoms with Crippen LogP contribution in [0.2, 0.25) is 0 Å². The fourth-order valence-corrected chi connectivity index (χ4v) is 3.82. The normalized spacial score (nSPS) is 13.0. The summed E-state index contributed by atoms with van der Waals surface area (Å²) in [5.74, 6) is -1.73. The number of rotatable bonds is 6. The second-order valence-electron chi connectivity index (χ2n) is 5.75. The number of hydrogen-bond acceptors (Lipinski definition) is 6. The van der Waals surface area contributed by atoms with E-state index in [0.29, 0.717) is 12.6 Å². The average molecular weight is 418 g/mol. The van der Waals surface area contributed by atoms with Gasteiger partial charge >= 0.3 is 5.69 Å². The van der Waals surface area contributed by atoms with Crippen LogP contribution in [0.25, 0.3) is 0 Å². The summed E-state index contributed by atoms with van der Waals surface area (Å²) in [4.78, 5) is 9.61. The summed E-state index contributed by atoms with van der Waals surface area (Å²) in [6.45, 7) is 1.47. The predicted octanol–water partition coefficient (Wildman–Crippen LogP) is 2.25. The molecule has 146 valence electrons. The molecule has 3 rings (SSSR count). The van der Waals surface area contributed by atoms with E-state index in [2.05, 4.69) is 14.8 Å². The minimum Gasteiger partial charge on any atom is -0.488 e. The smallest absolute Gasteiger partial charge is 0.315 e. The number of fused-ring (bicyclic) bond motifs is 1. The lowest BCUT2D eigenvalue weighted by atomic mass is 10.1. The van der Waals surface area contributed by atoms with Crippen LogP contribution in [0.5, 0.6) is 5.75 Å². The molecule has 2 aromatic rings. The summed E-state index contributed by atoms with van der Waals surface area (Å²) >= 11 is 0. The third-order valence-electron chi connectivity index (χ3n) is 4.08. The van der Waals surface area contributed by atoms with Crippen LogP contribution in [0.1, 0.15) is 16.7 Å². The third kappa shape index (κ3) is 4.35. The lowest BCUT2D eigenvalue weighted by Gasteiger charge is -2.10. The Hall–Kier alpha value is -2.27. The van der Waals surface area contributed by atoms with Crippen molar-refractivity contribution in [2.75, 3.05) is 7.11 Å². The first kappa shape index (κ1) is 21.0. The minimum atomic E-state index is -4.14. The van der Waals surface area contributed by atoms with Crippen LogP contribution >= 0.6 is 12.4 Å². The Morgan fingerprint density at radius 1 is 1.26 bits per heavy atom. The lowest BCUT2D eigenvalue weighted by molar-refractivity contribution is -0.386. The Bertz CT molecular complexity index is 984. The number of nitro groups is 1. The molecule has 0 radical (unpaired) electrons. The van der Waals surface area contributed by atoms with Gasteiger partial charge in [-0.25, -0.2) is 17.5 Å². The van der Waals surface area contributed by atoms with E-state index in [1.54, 1.807) is 6.07 Å². The quantitative estimate of drug-likeness (QED) is 0.551. The predicted molar refractivity (Wildman–Crippen MR) is 97.9 cm³/mol. The standard InChI is InChI=1S/C16H16FN3O5S.ClH/c1-25-16-14(17)5-13(6-15(16)20(21)22)26(23,24)19-7-10-2-3-11-8-18-9-12(11)4-10;/h2-6,18-19H,7-9H2,1H3;1H. The highest BCUT2D eigenvalue weighted by atomic mass is 35.5. The van der Waals surface area contributed by atoms with Gasteiger partial charge in [0.15, 0.2) is 5.82 Å². The number of methoxy groups -OCH3 is 1. The van der Waals surface area contributed by atoms with Crippen molar-refractivity contribution in [3.8, 4) is 5.75 Å². The van der Waals surface area contributed by atoms with Gasteiger partial charge in [-0.05, 0) is 22.8 Å². The zero-order chi connectivity index (χ0) is 18.9. The topological polar surface area (TPSA) is 111 Å². The highest BCUT2D eigenvalue weighted by Crippen LogP contribution is 2.32. The van der Waals surface area contributed by atoms with Crippen molar-refractivity contribution in [2.45, 2.75) is 24.5 Å². The number of nitro benzene ring substituents is 1. The van der Waals surface area contributed by atoms with Gasteiger partial charge < -0.3 is 10.1 Å². The second kappa shape index (κ2) is 8.17. The van der Waals surface area contributed by atoms with E-state index in [1.165, 1.54) is 0 Å². The Balaban J connectivity index is 0.00000261. The Labute approximate surface area is 161 Å². The maximum atomic E-state index is 14.0. The van der Waals surface area contributed by atoms with E-state index >= 15 is 0 Å². The molecule has 0 bridgehead atoms. The monoisotopic (exact) mass is 417 g/mol. The molecule has 0 aliphatic carbocycles. The number of hydrogen-bond donors (Lipinski definition) is 2. The first-order valence-electron chi connectivity index (χ1n) is 7.65. The molecule has 2 aromatic carbocycles. The van der Waals surface area contributed by atoms with Crippen molar-refractivity contribution < 1.29 is 22.5 Å². The number of sulfonamides is 1. The van der Waals surface area contributed by atoms with Crippen molar-refractivity contribution in [3.05, 3.63) is 63.0 Å². The fraction of sp³-hybridized carbons (Fsp3) is 0.250. The van der Waals surface area contributed by atoms with Gasteiger partial charge in [-0.1, -0.05) is 18.2 Å². The summed E-state index contributed by atoms with van der Waals surface area (Å²) in [7, 11) is -3.07. The fourth-order valence-electron chi connectivity index (χ4n) is 2.77. The summed E-state index contributed by atoms with van der Waals surface area (Å²) in [5.41, 5.74) is 2.23. The van der Waals surface area contributed by atoms with Gasteiger partial charge in [0.25, 0.3) is 0 Å². The SMILES string of the molecule is COc1c(F)cc(S(=O)(=O)NCc2ccc3c(c2)CNC3)cc1[N+](=O)[O-].Cl. The first-order valence-corrected chi connectivity index (χ1v) is 9.13. The summed E-state index contributed by atoms with van der Waals surface area (Å²) < 4.78 is 45.8. The van der Waals surface area contributed by atoms with Gasteiger partial charge in [0.2, 0.25) is 15.8 Å². The van der Waals surface area contributed by atoms with Gasteiger partial charge in [0.05, 0.1) is 16.9 Å². The molecule has 2 N–H and O–H groups in total. The van der Waals surface area contributed by atoms with Crippen LogP contribution in [-0.4, -0.2) is 20.5 Å². The van der Waals surface area contributed by atoms with Crippen LogP contribution in [0, 0.1) is 15.9 Å². The molecule has 8 nitrogen and oxygen atoms in total. The van der Waals surface area contributed by atoms with Crippen molar-refractivity contribution in [1.82, 2.24) is 10.0 Å². The highest BCUT2D eigenvalue weighted by molar-refractivity contribution is 7.89. The number of benzene rings is 2. The van der Waals surface area contributed by atoms with E-state index in [9.17, 15) is 22.9 Å². The lowest BCUT2D eigenvalue weighted by Crippen LogP contribution is -2.23. The van der Waals surface area contributed by atoms with Crippen LogP contribution < -0.4 is 14.8 Å². The molecule has 0 amide bonds. The van der Waals surface area contributed by atoms with Crippen LogP contribution in [0.3, 0.4) is 0 Å². The number of halogens is 2. The minimum absolute atomic E-state index is 0. The van der Waals surface area contributed by atoms with Gasteiger partial charge in [0, 0.05) is 25.7 Å². The van der Waals surface area contributed by atoms with E-state index in [0.717, 1.165) is 36.4 Å². The van der Waals surface area contributed by atoms with Crippen LogP contribution in [0.15, 0.2) is 35.2 Å². The largest absolute Gasteiger partial charge is 0.488 e. The van der Waals surface area contributed by atoms with Gasteiger partial charge in [-0.15, -0.1) is 12.4 Å². The van der Waals surface area contributed by atoms with E-state index in [1.807, 2.05) is 12.1 Å². The van der Waals surface area contributed by atoms with Gasteiger partial charge in [-0.3, -0.25) is 10.1 Å². The number of ether oxygens (including phenoxy) is 1. The maximum Gasteiger partial charge on any atom is 0.315 e. The number of nitrogens with zero attached hydrogens (tertiary/aromatic N) is 1. The maximum absolute atomic E-state index is 14.0. The molecule has 1 aliphatic rings. The average Bonchev–Trinajstić information content (AvgIpc) is 3.07. The van der Waals surface area contributed by atoms with E-state index in [-0.39, 0.29) is 19.0 Å². The molecule has 1 aliphatic heterocycles. The summed E-state index contributed by atoms with van der Waals surface area (Å²) in [6.07, 6.45) is 0. The molecule has 0 saturated carbocycles. The molecular weight excluding hydrogens is 401 g/mol. The van der Waals surface area contributed by atoms with Crippen molar-refractivity contribution >= 4 is 28.1 Å². The zero-order valence-electron chi connectivity index (χ0n) is 14.2. The number of nitrogens with one attached hydrogen (secondary N) is 2. The highest BCUT2D eigenvalue weighted by Gasteiger charge is 2.26. The van der Waals surface area contributed by atoms with Gasteiger partial charge in [0.1, 0.15) is 0 Å². The molecule has 0 saturated heterocycles. The second-order valence-corrected chi connectivity index (χ2v) is 7.51. The Morgan fingerprint density at radius 3 is 2.63 bits per heavy atom. The van der Waals surface area contributed by atoms with Gasteiger partial charge in [-0.2, -0.15) is 0 Å².